The van der Waals surface area contributed by atoms with Gasteiger partial charge in [-0.25, -0.2) is 0 Å². The van der Waals surface area contributed by atoms with E-state index in [1.165, 1.54) is 0 Å². The Labute approximate surface area is 127 Å². The lowest BCUT2D eigenvalue weighted by Crippen LogP contribution is -2.47. The quantitative estimate of drug-likeness (QED) is 0.702. The van der Waals surface area contributed by atoms with Gasteiger partial charge in [-0.1, -0.05) is 40.0 Å². The topological polar surface area (TPSA) is 86.6 Å². The average Bonchev–Trinajstić information content (AvgIpc) is 2.38. The molecule has 5 nitrogen and oxygen atoms in total. The van der Waals surface area contributed by atoms with Gasteiger partial charge in [-0.15, -0.1) is 0 Å². The molecule has 5 heteroatoms. The Morgan fingerprint density at radius 3 is 2.19 bits per heavy atom. The van der Waals surface area contributed by atoms with Crippen LogP contribution in [0.2, 0.25) is 0 Å². The number of carboxylic acids is 1. The zero-order chi connectivity index (χ0) is 16.1. The van der Waals surface area contributed by atoms with Crippen LogP contribution in [-0.2, 0) is 9.59 Å². The predicted octanol–water partition coefficient (Wildman–Crippen LogP) is 2.32. The molecular formula is C16H29NO4. The third-order valence-electron chi connectivity index (χ3n) is 4.56. The minimum absolute atomic E-state index is 0.00624. The maximum absolute atomic E-state index is 12.3. The molecule has 0 heterocycles. The summed E-state index contributed by atoms with van der Waals surface area (Å²) in [5.74, 6) is -1.07. The molecule has 0 aromatic heterocycles. The molecule has 0 aromatic carbocycles. The highest BCUT2D eigenvalue weighted by molar-refractivity contribution is 5.85. The number of aliphatic hydroxyl groups excluding tert-OH is 1. The Morgan fingerprint density at radius 1 is 1.19 bits per heavy atom. The summed E-state index contributed by atoms with van der Waals surface area (Å²) >= 11 is 0. The fraction of sp³-hybridized carbons (Fsp3) is 0.875. The lowest BCUT2D eigenvalue weighted by atomic mass is 9.71. The van der Waals surface area contributed by atoms with Gasteiger partial charge in [0.1, 0.15) is 0 Å². The van der Waals surface area contributed by atoms with Crippen molar-refractivity contribution in [3.63, 3.8) is 0 Å². The summed E-state index contributed by atoms with van der Waals surface area (Å²) in [6.45, 7) is 6.01. The largest absolute Gasteiger partial charge is 0.481 e. The van der Waals surface area contributed by atoms with Crippen molar-refractivity contribution in [3.8, 4) is 0 Å². The second-order valence-corrected chi connectivity index (χ2v) is 7.32. The summed E-state index contributed by atoms with van der Waals surface area (Å²) in [7, 11) is 0. The van der Waals surface area contributed by atoms with E-state index >= 15 is 0 Å². The van der Waals surface area contributed by atoms with Crippen molar-refractivity contribution in [1.29, 1.82) is 0 Å². The lowest BCUT2D eigenvalue weighted by Gasteiger charge is -2.35. The number of carboxylic acid groups (broad SMARTS) is 1. The molecule has 1 unspecified atom stereocenters. The van der Waals surface area contributed by atoms with E-state index < -0.39 is 11.4 Å². The number of carbonyl (C=O) groups excluding carboxylic acids is 1. The second kappa shape index (κ2) is 7.25. The second-order valence-electron chi connectivity index (χ2n) is 7.32. The van der Waals surface area contributed by atoms with Gasteiger partial charge in [-0.3, -0.25) is 9.59 Å². The van der Waals surface area contributed by atoms with Crippen LogP contribution in [-0.4, -0.2) is 34.7 Å². The molecule has 3 N–H and O–H groups in total. The monoisotopic (exact) mass is 299 g/mol. The normalized spacial score (nSPS) is 19.8. The van der Waals surface area contributed by atoms with Crippen LogP contribution < -0.4 is 5.32 Å². The molecule has 21 heavy (non-hydrogen) atoms. The highest BCUT2D eigenvalue weighted by atomic mass is 16.4. The molecule has 1 saturated carbocycles. The molecule has 1 rings (SSSR count). The third-order valence-corrected chi connectivity index (χ3v) is 4.56. The SMILES string of the molecule is CC(C)(C)C(CCO)NC(=O)CC1(C(=O)O)CCCCC1. The maximum Gasteiger partial charge on any atom is 0.310 e. The molecule has 1 fully saturated rings. The molecule has 0 radical (unpaired) electrons. The number of hydrogen-bond donors (Lipinski definition) is 3. The lowest BCUT2D eigenvalue weighted by molar-refractivity contribution is -0.154. The van der Waals surface area contributed by atoms with E-state index in [4.69, 9.17) is 5.11 Å². The van der Waals surface area contributed by atoms with E-state index in [1.807, 2.05) is 20.8 Å². The summed E-state index contributed by atoms with van der Waals surface area (Å²) < 4.78 is 0. The standard InChI is InChI=1S/C16H29NO4/c1-15(2,3)12(7-10-18)17-13(19)11-16(14(20)21)8-5-4-6-9-16/h12,18H,4-11H2,1-3H3,(H,17,19)(H,20,21). The molecule has 0 aliphatic heterocycles. The fourth-order valence-corrected chi connectivity index (χ4v) is 3.10. The zero-order valence-electron chi connectivity index (χ0n) is 13.4. The number of nitrogens with one attached hydrogen (secondary N) is 1. The molecular weight excluding hydrogens is 270 g/mol. The van der Waals surface area contributed by atoms with Crippen molar-refractivity contribution in [2.24, 2.45) is 10.8 Å². The Bertz CT molecular complexity index is 367. The fourth-order valence-electron chi connectivity index (χ4n) is 3.10. The van der Waals surface area contributed by atoms with Crippen molar-refractivity contribution < 1.29 is 19.8 Å². The van der Waals surface area contributed by atoms with Gasteiger partial charge in [0.15, 0.2) is 0 Å². The highest BCUT2D eigenvalue weighted by Crippen LogP contribution is 2.39. The molecule has 1 aliphatic rings. The highest BCUT2D eigenvalue weighted by Gasteiger charge is 2.42. The van der Waals surface area contributed by atoms with Crippen LogP contribution in [0.25, 0.3) is 0 Å². The Hall–Kier alpha value is -1.10. The number of carbonyl (C=O) groups is 2. The van der Waals surface area contributed by atoms with Gasteiger partial charge in [0.05, 0.1) is 5.41 Å². The van der Waals surface area contributed by atoms with Gasteiger partial charge < -0.3 is 15.5 Å². The summed E-state index contributed by atoms with van der Waals surface area (Å²) in [5.41, 5.74) is -1.06. The summed E-state index contributed by atoms with van der Waals surface area (Å²) in [6.07, 6.45) is 4.48. The Balaban J connectivity index is 2.71. The molecule has 0 spiro atoms. The minimum Gasteiger partial charge on any atom is -0.481 e. The van der Waals surface area contributed by atoms with Crippen LogP contribution >= 0.6 is 0 Å². The number of rotatable bonds is 6. The minimum atomic E-state index is -0.899. The van der Waals surface area contributed by atoms with Gasteiger partial charge in [-0.2, -0.15) is 0 Å². The van der Waals surface area contributed by atoms with Crippen molar-refractivity contribution in [2.45, 2.75) is 71.8 Å². The molecule has 0 bridgehead atoms. The van der Waals surface area contributed by atoms with Gasteiger partial charge >= 0.3 is 5.97 Å². The molecule has 1 aliphatic carbocycles. The smallest absolute Gasteiger partial charge is 0.310 e. The van der Waals surface area contributed by atoms with E-state index in [2.05, 4.69) is 5.32 Å². The van der Waals surface area contributed by atoms with Crippen LogP contribution in [0.4, 0.5) is 0 Å². The Kier molecular flexibility index (Phi) is 6.20. The van der Waals surface area contributed by atoms with E-state index in [9.17, 15) is 14.7 Å². The molecule has 1 amide bonds. The summed E-state index contributed by atoms with van der Waals surface area (Å²) in [5, 5.41) is 21.6. The number of aliphatic carboxylic acids is 1. The van der Waals surface area contributed by atoms with Crippen molar-refractivity contribution in [1.82, 2.24) is 5.32 Å². The molecule has 0 saturated heterocycles. The van der Waals surface area contributed by atoms with E-state index in [0.29, 0.717) is 19.3 Å². The van der Waals surface area contributed by atoms with Crippen molar-refractivity contribution in [2.75, 3.05) is 6.61 Å². The Morgan fingerprint density at radius 2 is 1.76 bits per heavy atom. The molecule has 122 valence electrons. The average molecular weight is 299 g/mol. The first-order valence-corrected chi connectivity index (χ1v) is 7.85. The van der Waals surface area contributed by atoms with Crippen LogP contribution in [0.3, 0.4) is 0 Å². The zero-order valence-corrected chi connectivity index (χ0v) is 13.4. The predicted molar refractivity (Wildman–Crippen MR) is 80.9 cm³/mol. The van der Waals surface area contributed by atoms with Gasteiger partial charge in [0.25, 0.3) is 0 Å². The number of aliphatic hydroxyl groups is 1. The maximum atomic E-state index is 12.3. The number of hydrogen-bond acceptors (Lipinski definition) is 3. The molecule has 0 aromatic rings. The summed E-state index contributed by atoms with van der Waals surface area (Å²) in [4.78, 5) is 23.9. The van der Waals surface area contributed by atoms with Crippen LogP contribution in [0.15, 0.2) is 0 Å². The first-order valence-electron chi connectivity index (χ1n) is 7.85. The molecule has 1 atom stereocenters. The first kappa shape index (κ1) is 18.0. The number of amides is 1. The van der Waals surface area contributed by atoms with Gasteiger partial charge in [0, 0.05) is 19.1 Å². The third kappa shape index (κ3) is 4.99. The van der Waals surface area contributed by atoms with Gasteiger partial charge in [-0.05, 0) is 24.7 Å². The van der Waals surface area contributed by atoms with E-state index in [1.54, 1.807) is 0 Å². The van der Waals surface area contributed by atoms with Crippen molar-refractivity contribution in [3.05, 3.63) is 0 Å². The van der Waals surface area contributed by atoms with E-state index in [-0.39, 0.29) is 30.4 Å². The van der Waals surface area contributed by atoms with Gasteiger partial charge in [0.2, 0.25) is 5.91 Å². The van der Waals surface area contributed by atoms with Crippen LogP contribution in [0, 0.1) is 10.8 Å². The summed E-state index contributed by atoms with van der Waals surface area (Å²) in [6, 6.07) is -0.149. The van der Waals surface area contributed by atoms with Crippen LogP contribution in [0.5, 0.6) is 0 Å². The van der Waals surface area contributed by atoms with E-state index in [0.717, 1.165) is 19.3 Å². The van der Waals surface area contributed by atoms with Crippen LogP contribution in [0.1, 0.15) is 65.7 Å². The van der Waals surface area contributed by atoms with Crippen molar-refractivity contribution >= 4 is 11.9 Å². The first-order chi connectivity index (χ1) is 9.71.